The monoisotopic (exact) mass is 566 g/mol. The molecule has 0 bridgehead atoms. The lowest BCUT2D eigenvalue weighted by Crippen LogP contribution is -2.50. The molecule has 0 radical (unpaired) electrons. The molecule has 9 heteroatoms. The normalized spacial score (nSPS) is 18.6. The molecule has 5 rings (SSSR count). The van der Waals surface area contributed by atoms with Gasteiger partial charge in [0.1, 0.15) is 29.1 Å². The summed E-state index contributed by atoms with van der Waals surface area (Å²) in [6, 6.07) is 16.6. The van der Waals surface area contributed by atoms with Crippen LogP contribution in [0.4, 0.5) is 4.79 Å². The average Bonchev–Trinajstić information content (AvgIpc) is 3.36. The van der Waals surface area contributed by atoms with Crippen LogP contribution in [0.1, 0.15) is 50.3 Å². The number of hydrogen-bond donors (Lipinski definition) is 0. The van der Waals surface area contributed by atoms with Crippen molar-refractivity contribution in [2.45, 2.75) is 51.4 Å². The maximum Gasteiger partial charge on any atom is 0.410 e. The molecular weight excluding hydrogens is 524 g/mol. The fraction of sp³-hybridized carbons (Fsp3) is 0.548. The minimum absolute atomic E-state index is 0.206. The van der Waals surface area contributed by atoms with E-state index in [1.807, 2.05) is 39.0 Å². The number of carbonyl (C=O) groups is 1. The van der Waals surface area contributed by atoms with E-state index in [1.165, 1.54) is 4.70 Å². The van der Waals surface area contributed by atoms with Crippen LogP contribution in [0.25, 0.3) is 10.2 Å². The first kappa shape index (κ1) is 28.8. The quantitative estimate of drug-likeness (QED) is 0.360. The topological polar surface area (TPSA) is 67.4 Å². The van der Waals surface area contributed by atoms with Gasteiger partial charge in [-0.25, -0.2) is 9.78 Å². The van der Waals surface area contributed by atoms with E-state index in [9.17, 15) is 4.79 Å². The lowest BCUT2D eigenvalue weighted by Gasteiger charge is -2.35. The number of para-hydroxylation sites is 1. The summed E-state index contributed by atoms with van der Waals surface area (Å²) in [7, 11) is 2.17. The summed E-state index contributed by atoms with van der Waals surface area (Å²) >= 11 is 1.71. The van der Waals surface area contributed by atoms with Gasteiger partial charge in [-0.2, -0.15) is 0 Å². The third kappa shape index (κ3) is 7.72. The lowest BCUT2D eigenvalue weighted by molar-refractivity contribution is -0.0235. The van der Waals surface area contributed by atoms with Crippen LogP contribution in [0.5, 0.6) is 5.75 Å². The Hall–Kier alpha value is -2.72. The SMILES string of the molecule is CN1CCC(OC(c2cccc(OCCN3CCN(C(=O)OC(C)(C)C)CC3)c2)c2nc3ccccc3s2)CC1. The average molecular weight is 567 g/mol. The smallest absolute Gasteiger partial charge is 0.410 e. The van der Waals surface area contributed by atoms with E-state index >= 15 is 0 Å². The molecular formula is C31H42N4O4S. The number of ether oxygens (including phenoxy) is 3. The zero-order valence-corrected chi connectivity index (χ0v) is 25.0. The number of rotatable bonds is 8. The van der Waals surface area contributed by atoms with Crippen LogP contribution in [0.3, 0.4) is 0 Å². The van der Waals surface area contributed by atoms with E-state index in [-0.39, 0.29) is 18.3 Å². The zero-order valence-electron chi connectivity index (χ0n) is 24.2. The van der Waals surface area contributed by atoms with Crippen molar-refractivity contribution in [1.29, 1.82) is 0 Å². The van der Waals surface area contributed by atoms with Gasteiger partial charge in [0.25, 0.3) is 0 Å². The Morgan fingerprint density at radius 1 is 1.02 bits per heavy atom. The number of amides is 1. The van der Waals surface area contributed by atoms with Gasteiger partial charge in [-0.15, -0.1) is 11.3 Å². The van der Waals surface area contributed by atoms with Crippen molar-refractivity contribution in [2.75, 3.05) is 59.5 Å². The molecule has 8 nitrogen and oxygen atoms in total. The first-order chi connectivity index (χ1) is 19.2. The summed E-state index contributed by atoms with van der Waals surface area (Å²) in [4.78, 5) is 23.8. The molecule has 3 heterocycles. The molecule has 2 aromatic carbocycles. The summed E-state index contributed by atoms with van der Waals surface area (Å²) in [6.45, 7) is 12.1. The van der Waals surface area contributed by atoms with E-state index in [2.05, 4.69) is 47.2 Å². The number of hydrogen-bond acceptors (Lipinski definition) is 8. The molecule has 1 aromatic heterocycles. The van der Waals surface area contributed by atoms with Crippen molar-refractivity contribution in [2.24, 2.45) is 0 Å². The molecule has 0 aliphatic carbocycles. The molecule has 2 fully saturated rings. The molecule has 0 spiro atoms. The Bertz CT molecular complexity index is 1230. The van der Waals surface area contributed by atoms with Gasteiger partial charge in [0.05, 0.1) is 16.3 Å². The van der Waals surface area contributed by atoms with Gasteiger partial charge in [-0.1, -0.05) is 24.3 Å². The highest BCUT2D eigenvalue weighted by Gasteiger charge is 2.27. The Morgan fingerprint density at radius 3 is 2.50 bits per heavy atom. The number of aromatic nitrogens is 1. The second-order valence-electron chi connectivity index (χ2n) is 11.8. The molecule has 0 saturated carbocycles. The van der Waals surface area contributed by atoms with Gasteiger partial charge < -0.3 is 24.0 Å². The molecule has 1 atom stereocenters. The van der Waals surface area contributed by atoms with Gasteiger partial charge >= 0.3 is 6.09 Å². The maximum atomic E-state index is 12.3. The highest BCUT2D eigenvalue weighted by Crippen LogP contribution is 2.36. The number of benzene rings is 2. The summed E-state index contributed by atoms with van der Waals surface area (Å²) < 4.78 is 19.7. The standard InChI is InChI=1S/C31H42N4O4S/c1-31(2,3)39-30(36)35-18-16-34(17-19-35)20-21-37-25-9-7-8-23(22-25)28(38-24-12-14-33(4)15-13-24)29-32-26-10-5-6-11-27(26)40-29/h5-11,22,24,28H,12-21H2,1-4H3. The highest BCUT2D eigenvalue weighted by molar-refractivity contribution is 7.18. The van der Waals surface area contributed by atoms with E-state index in [4.69, 9.17) is 19.2 Å². The van der Waals surface area contributed by atoms with Gasteiger partial charge in [0.2, 0.25) is 0 Å². The van der Waals surface area contributed by atoms with Crippen molar-refractivity contribution in [3.8, 4) is 5.75 Å². The minimum Gasteiger partial charge on any atom is -0.492 e. The van der Waals surface area contributed by atoms with Gasteiger partial charge in [0.15, 0.2) is 0 Å². The Kier molecular flexibility index (Phi) is 9.25. The third-order valence-corrected chi connectivity index (χ3v) is 8.47. The minimum atomic E-state index is -0.471. The van der Waals surface area contributed by atoms with Gasteiger partial charge in [0, 0.05) is 45.8 Å². The molecule has 2 aliphatic heterocycles. The van der Waals surface area contributed by atoms with Crippen LogP contribution in [-0.4, -0.2) is 96.9 Å². The second-order valence-corrected chi connectivity index (χ2v) is 12.8. The fourth-order valence-corrected chi connectivity index (χ4v) is 6.17. The van der Waals surface area contributed by atoms with Crippen molar-refractivity contribution in [3.63, 3.8) is 0 Å². The molecule has 216 valence electrons. The van der Waals surface area contributed by atoms with Crippen LogP contribution in [-0.2, 0) is 9.47 Å². The largest absolute Gasteiger partial charge is 0.492 e. The second kappa shape index (κ2) is 12.9. The molecule has 3 aromatic rings. The van der Waals surface area contributed by atoms with E-state index in [0.29, 0.717) is 19.7 Å². The first-order valence-corrected chi connectivity index (χ1v) is 15.2. The Balaban J connectivity index is 1.20. The van der Waals surface area contributed by atoms with Crippen molar-refractivity contribution in [3.05, 3.63) is 59.1 Å². The van der Waals surface area contributed by atoms with Crippen LogP contribution in [0, 0.1) is 0 Å². The van der Waals surface area contributed by atoms with Gasteiger partial charge in [-0.3, -0.25) is 4.90 Å². The van der Waals surface area contributed by atoms with E-state index in [1.54, 1.807) is 16.2 Å². The zero-order chi connectivity index (χ0) is 28.1. The molecule has 40 heavy (non-hydrogen) atoms. The van der Waals surface area contributed by atoms with Crippen molar-refractivity contribution < 1.29 is 19.0 Å². The molecule has 2 aliphatic rings. The number of likely N-dealkylation sites (tertiary alicyclic amines) is 1. The first-order valence-electron chi connectivity index (χ1n) is 14.4. The Morgan fingerprint density at radius 2 is 1.77 bits per heavy atom. The number of nitrogens with zero attached hydrogens (tertiary/aromatic N) is 4. The third-order valence-electron chi connectivity index (χ3n) is 7.39. The number of piperazine rings is 1. The summed E-state index contributed by atoms with van der Waals surface area (Å²) in [5.41, 5.74) is 1.61. The molecule has 1 unspecified atom stereocenters. The summed E-state index contributed by atoms with van der Waals surface area (Å²) in [6.07, 6.45) is 1.79. The van der Waals surface area contributed by atoms with Crippen LogP contribution in [0.15, 0.2) is 48.5 Å². The summed E-state index contributed by atoms with van der Waals surface area (Å²) in [5.74, 6) is 0.836. The number of piperidine rings is 1. The van der Waals surface area contributed by atoms with E-state index < -0.39 is 5.60 Å². The lowest BCUT2D eigenvalue weighted by atomic mass is 10.1. The predicted molar refractivity (Wildman–Crippen MR) is 159 cm³/mol. The summed E-state index contributed by atoms with van der Waals surface area (Å²) in [5, 5.41) is 0.986. The Labute approximate surface area is 241 Å². The van der Waals surface area contributed by atoms with Crippen LogP contribution < -0.4 is 4.74 Å². The molecule has 0 N–H and O–H groups in total. The number of fused-ring (bicyclic) bond motifs is 1. The number of carbonyl (C=O) groups excluding carboxylic acids is 1. The predicted octanol–water partition coefficient (Wildman–Crippen LogP) is 5.43. The highest BCUT2D eigenvalue weighted by atomic mass is 32.1. The van der Waals surface area contributed by atoms with Crippen LogP contribution >= 0.6 is 11.3 Å². The molecule has 2 saturated heterocycles. The van der Waals surface area contributed by atoms with Gasteiger partial charge in [-0.05, 0) is 70.5 Å². The van der Waals surface area contributed by atoms with Crippen molar-refractivity contribution in [1.82, 2.24) is 19.7 Å². The fourth-order valence-electron chi connectivity index (χ4n) is 5.14. The number of thiazole rings is 1. The van der Waals surface area contributed by atoms with Crippen molar-refractivity contribution >= 4 is 27.6 Å². The van der Waals surface area contributed by atoms with Crippen LogP contribution in [0.2, 0.25) is 0 Å². The van der Waals surface area contributed by atoms with E-state index in [0.717, 1.165) is 67.4 Å². The molecule has 1 amide bonds. The maximum absolute atomic E-state index is 12.3.